The van der Waals surface area contributed by atoms with Crippen LogP contribution in [0.5, 0.6) is 0 Å². The third kappa shape index (κ3) is 1.12. The maximum Gasteiger partial charge on any atom is 0.186 e. The molecule has 0 saturated carbocycles. The van der Waals surface area contributed by atoms with Crippen molar-refractivity contribution < 1.29 is 17.6 Å². The Morgan fingerprint density at radius 2 is 1.17 bits per heavy atom. The molecule has 0 aromatic heterocycles. The van der Waals surface area contributed by atoms with Crippen molar-refractivity contribution in [2.24, 2.45) is 0 Å². The SMILES string of the molecule is Nc1c(F)c(F)c(S)c(F)c1F. The number of benzene rings is 1. The van der Waals surface area contributed by atoms with Gasteiger partial charge in [-0.05, 0) is 0 Å². The molecule has 0 spiro atoms. The zero-order valence-electron chi connectivity index (χ0n) is 5.54. The highest BCUT2D eigenvalue weighted by molar-refractivity contribution is 7.80. The first kappa shape index (κ1) is 9.18. The molecule has 1 aromatic rings. The second-order valence-corrected chi connectivity index (χ2v) is 2.47. The Morgan fingerprint density at radius 3 is 1.50 bits per heavy atom. The molecule has 0 unspecified atom stereocenters. The number of thiol groups is 1. The quantitative estimate of drug-likeness (QED) is 0.283. The largest absolute Gasteiger partial charge is 0.394 e. The van der Waals surface area contributed by atoms with E-state index < -0.39 is 33.9 Å². The molecule has 1 rings (SSSR count). The van der Waals surface area contributed by atoms with Crippen molar-refractivity contribution >= 4 is 18.3 Å². The van der Waals surface area contributed by atoms with Crippen molar-refractivity contribution in [2.75, 3.05) is 5.73 Å². The number of nitrogens with two attached hydrogens (primary N) is 1. The van der Waals surface area contributed by atoms with Crippen LogP contribution in [0, 0.1) is 23.3 Å². The highest BCUT2D eigenvalue weighted by Crippen LogP contribution is 2.27. The molecule has 0 fully saturated rings. The summed E-state index contributed by atoms with van der Waals surface area (Å²) in [7, 11) is 0. The number of halogens is 4. The molecular formula is C6H3F4NS. The number of nitrogen functional groups attached to an aromatic ring is 1. The fourth-order valence-electron chi connectivity index (χ4n) is 0.637. The zero-order valence-corrected chi connectivity index (χ0v) is 6.43. The molecule has 0 aliphatic rings. The van der Waals surface area contributed by atoms with E-state index in [-0.39, 0.29) is 0 Å². The molecule has 12 heavy (non-hydrogen) atoms. The first-order chi connectivity index (χ1) is 5.46. The van der Waals surface area contributed by atoms with Crippen LogP contribution in [-0.4, -0.2) is 0 Å². The monoisotopic (exact) mass is 197 g/mol. The molecule has 0 heterocycles. The van der Waals surface area contributed by atoms with Gasteiger partial charge in [-0.2, -0.15) is 0 Å². The molecule has 2 N–H and O–H groups in total. The molecule has 1 aromatic carbocycles. The van der Waals surface area contributed by atoms with Crippen LogP contribution < -0.4 is 5.73 Å². The van der Waals surface area contributed by atoms with Crippen LogP contribution in [0.4, 0.5) is 23.2 Å². The summed E-state index contributed by atoms with van der Waals surface area (Å²) in [5.41, 5.74) is 3.51. The minimum Gasteiger partial charge on any atom is -0.394 e. The summed E-state index contributed by atoms with van der Waals surface area (Å²) in [6.45, 7) is 0. The minimum absolute atomic E-state index is 1.01. The fraction of sp³-hybridized carbons (Fsp3) is 0. The van der Waals surface area contributed by atoms with Gasteiger partial charge >= 0.3 is 0 Å². The molecule has 66 valence electrons. The second kappa shape index (κ2) is 2.85. The van der Waals surface area contributed by atoms with Gasteiger partial charge in [0, 0.05) is 0 Å². The predicted molar refractivity (Wildman–Crippen MR) is 37.9 cm³/mol. The van der Waals surface area contributed by atoms with E-state index in [1.165, 1.54) is 0 Å². The summed E-state index contributed by atoms with van der Waals surface area (Å²) in [6.07, 6.45) is 0. The molecule has 1 nitrogen and oxygen atoms in total. The van der Waals surface area contributed by atoms with Crippen molar-refractivity contribution in [1.29, 1.82) is 0 Å². The maximum absolute atomic E-state index is 12.5. The van der Waals surface area contributed by atoms with Gasteiger partial charge in [0.15, 0.2) is 23.3 Å². The molecule has 0 aliphatic carbocycles. The van der Waals surface area contributed by atoms with E-state index in [1.54, 1.807) is 0 Å². The summed E-state index contributed by atoms with van der Waals surface area (Å²) < 4.78 is 49.9. The van der Waals surface area contributed by atoms with E-state index in [9.17, 15) is 17.6 Å². The lowest BCUT2D eigenvalue weighted by Gasteiger charge is -2.03. The van der Waals surface area contributed by atoms with Crippen LogP contribution in [0.2, 0.25) is 0 Å². The van der Waals surface area contributed by atoms with Crippen molar-refractivity contribution in [3.05, 3.63) is 23.3 Å². The van der Waals surface area contributed by atoms with Gasteiger partial charge in [-0.25, -0.2) is 17.6 Å². The predicted octanol–water partition coefficient (Wildman–Crippen LogP) is 2.11. The van der Waals surface area contributed by atoms with Gasteiger partial charge in [-0.1, -0.05) is 0 Å². The van der Waals surface area contributed by atoms with E-state index in [0.29, 0.717) is 0 Å². The van der Waals surface area contributed by atoms with E-state index >= 15 is 0 Å². The minimum atomic E-state index is -1.63. The Bertz CT molecular complexity index is 234. The van der Waals surface area contributed by atoms with Crippen LogP contribution in [0.25, 0.3) is 0 Å². The topological polar surface area (TPSA) is 26.0 Å². The molecule has 6 heteroatoms. The maximum atomic E-state index is 12.5. The van der Waals surface area contributed by atoms with Crippen LogP contribution in [-0.2, 0) is 0 Å². The normalized spacial score (nSPS) is 10.4. The lowest BCUT2D eigenvalue weighted by molar-refractivity contribution is 0.432. The van der Waals surface area contributed by atoms with Gasteiger partial charge in [0.25, 0.3) is 0 Å². The van der Waals surface area contributed by atoms with E-state index in [2.05, 4.69) is 18.4 Å². The van der Waals surface area contributed by atoms with Gasteiger partial charge in [-0.3, -0.25) is 0 Å². The standard InChI is InChI=1S/C6H3F4NS/c7-1-3(9)6(12)4(10)2(8)5(1)11/h12H,11H2. The Labute approximate surface area is 70.6 Å². The van der Waals surface area contributed by atoms with E-state index in [0.717, 1.165) is 0 Å². The van der Waals surface area contributed by atoms with Crippen molar-refractivity contribution in [3.63, 3.8) is 0 Å². The molecule has 0 saturated heterocycles. The summed E-state index contributed by atoms with van der Waals surface area (Å²) in [5.74, 6) is -6.43. The number of rotatable bonds is 0. The van der Waals surface area contributed by atoms with Crippen molar-refractivity contribution in [1.82, 2.24) is 0 Å². The smallest absolute Gasteiger partial charge is 0.186 e. The zero-order chi connectivity index (χ0) is 9.46. The molecule has 0 aliphatic heterocycles. The Balaban J connectivity index is 3.60. The van der Waals surface area contributed by atoms with Gasteiger partial charge in [0.2, 0.25) is 0 Å². The summed E-state index contributed by atoms with van der Waals surface area (Å²) >= 11 is 3.21. The first-order valence-electron chi connectivity index (χ1n) is 2.77. The molecule has 0 atom stereocenters. The van der Waals surface area contributed by atoms with Crippen molar-refractivity contribution in [2.45, 2.75) is 4.90 Å². The third-order valence-corrected chi connectivity index (χ3v) is 1.67. The first-order valence-corrected chi connectivity index (χ1v) is 3.22. The lowest BCUT2D eigenvalue weighted by atomic mass is 10.2. The average molecular weight is 197 g/mol. The molecule has 0 radical (unpaired) electrons. The number of anilines is 1. The Morgan fingerprint density at radius 1 is 0.833 bits per heavy atom. The van der Waals surface area contributed by atoms with Gasteiger partial charge in [-0.15, -0.1) is 12.6 Å². The van der Waals surface area contributed by atoms with Crippen molar-refractivity contribution in [3.8, 4) is 0 Å². The summed E-state index contributed by atoms with van der Waals surface area (Å²) in [6, 6.07) is 0. The molecule has 0 amide bonds. The van der Waals surface area contributed by atoms with E-state index in [1.807, 2.05) is 0 Å². The van der Waals surface area contributed by atoms with Crippen LogP contribution in [0.1, 0.15) is 0 Å². The highest BCUT2D eigenvalue weighted by atomic mass is 32.1. The average Bonchev–Trinajstić information content (AvgIpc) is 2.08. The summed E-state index contributed by atoms with van der Waals surface area (Å²) in [4.78, 5) is -1.01. The van der Waals surface area contributed by atoms with E-state index in [4.69, 9.17) is 0 Å². The van der Waals surface area contributed by atoms with Gasteiger partial charge < -0.3 is 5.73 Å². The fourth-order valence-corrected chi connectivity index (χ4v) is 0.833. The molecular weight excluding hydrogens is 194 g/mol. The van der Waals surface area contributed by atoms with Crippen LogP contribution in [0.15, 0.2) is 4.90 Å². The Kier molecular flexibility index (Phi) is 2.18. The second-order valence-electron chi connectivity index (χ2n) is 2.02. The lowest BCUT2D eigenvalue weighted by Crippen LogP contribution is -2.03. The van der Waals surface area contributed by atoms with Crippen LogP contribution in [0.3, 0.4) is 0 Å². The van der Waals surface area contributed by atoms with Crippen LogP contribution >= 0.6 is 12.6 Å². The summed E-state index contributed by atoms with van der Waals surface area (Å²) in [5, 5.41) is 0. The molecule has 0 bridgehead atoms. The number of hydrogen-bond acceptors (Lipinski definition) is 2. The van der Waals surface area contributed by atoms with Gasteiger partial charge in [0.1, 0.15) is 5.69 Å². The highest BCUT2D eigenvalue weighted by Gasteiger charge is 2.21. The van der Waals surface area contributed by atoms with Gasteiger partial charge in [0.05, 0.1) is 4.90 Å². The Hall–Kier alpha value is -0.910. The third-order valence-electron chi connectivity index (χ3n) is 1.27. The number of hydrogen-bond donors (Lipinski definition) is 2.